The van der Waals surface area contributed by atoms with Crippen LogP contribution in [0.15, 0.2) is 30.3 Å². The number of alkyl halides is 5. The molecule has 0 spiro atoms. The number of nitrogens with zero attached hydrogens (tertiary/aromatic N) is 4. The third-order valence-corrected chi connectivity index (χ3v) is 5.66. The van der Waals surface area contributed by atoms with Crippen molar-refractivity contribution in [2.45, 2.75) is 43.5 Å². The Hall–Kier alpha value is -2.60. The van der Waals surface area contributed by atoms with Crippen LogP contribution in [0.1, 0.15) is 25.0 Å². The standard InChI is InChI=1S/C21H22F6N4O2/c22-13-2-1-3-16(8-13)33-18-10-17(21(25,26)27)28-19(29-18)31-6-4-15(32)9-14(31)11-30-7-5-20(23,24)12-30/h1-3,8,10,14-15,32H,4-7,9,11-12H2. The zero-order valence-electron chi connectivity index (χ0n) is 17.4. The van der Waals surface area contributed by atoms with E-state index in [0.717, 1.165) is 12.1 Å². The Morgan fingerprint density at radius 2 is 1.94 bits per heavy atom. The summed E-state index contributed by atoms with van der Waals surface area (Å²) in [5.74, 6) is -4.23. The summed E-state index contributed by atoms with van der Waals surface area (Å²) in [5, 5.41) is 10.1. The first kappa shape index (κ1) is 23.6. The molecule has 3 heterocycles. The molecule has 1 aromatic carbocycles. The third-order valence-electron chi connectivity index (χ3n) is 5.66. The quantitative estimate of drug-likeness (QED) is 0.656. The lowest BCUT2D eigenvalue weighted by atomic mass is 9.99. The van der Waals surface area contributed by atoms with E-state index in [1.807, 2.05) is 0 Å². The Bertz CT molecular complexity index is 989. The van der Waals surface area contributed by atoms with Crippen LogP contribution in [0.3, 0.4) is 0 Å². The summed E-state index contributed by atoms with van der Waals surface area (Å²) in [6, 6.07) is 4.90. The molecule has 2 atom stereocenters. The molecule has 2 unspecified atom stereocenters. The molecule has 0 radical (unpaired) electrons. The number of piperidine rings is 1. The lowest BCUT2D eigenvalue weighted by Gasteiger charge is -2.39. The number of anilines is 1. The minimum Gasteiger partial charge on any atom is -0.439 e. The molecule has 0 aliphatic carbocycles. The minimum atomic E-state index is -4.81. The summed E-state index contributed by atoms with van der Waals surface area (Å²) < 4.78 is 86.7. The van der Waals surface area contributed by atoms with E-state index < -0.39 is 48.2 Å². The van der Waals surface area contributed by atoms with E-state index in [-0.39, 0.29) is 50.6 Å². The number of aliphatic hydroxyl groups excluding tert-OH is 1. The smallest absolute Gasteiger partial charge is 0.433 e. The van der Waals surface area contributed by atoms with E-state index in [1.165, 1.54) is 21.9 Å². The molecule has 2 aliphatic rings. The van der Waals surface area contributed by atoms with Gasteiger partial charge >= 0.3 is 6.18 Å². The highest BCUT2D eigenvalue weighted by Gasteiger charge is 2.41. The average Bonchev–Trinajstić information content (AvgIpc) is 3.05. The normalized spacial score (nSPS) is 23.7. The fourth-order valence-corrected chi connectivity index (χ4v) is 4.12. The van der Waals surface area contributed by atoms with E-state index in [0.29, 0.717) is 6.07 Å². The molecule has 0 saturated carbocycles. The van der Waals surface area contributed by atoms with Gasteiger partial charge in [-0.2, -0.15) is 18.2 Å². The third kappa shape index (κ3) is 5.85. The summed E-state index contributed by atoms with van der Waals surface area (Å²) in [6.45, 7) is -0.0568. The van der Waals surface area contributed by atoms with E-state index in [4.69, 9.17) is 4.74 Å². The Kier molecular flexibility index (Phi) is 6.41. The van der Waals surface area contributed by atoms with Gasteiger partial charge in [0.15, 0.2) is 5.69 Å². The van der Waals surface area contributed by atoms with Crippen LogP contribution < -0.4 is 9.64 Å². The molecular weight excluding hydrogens is 454 g/mol. The Labute approximate surface area is 185 Å². The molecular formula is C21H22F6N4O2. The molecule has 33 heavy (non-hydrogen) atoms. The van der Waals surface area contributed by atoms with Crippen molar-refractivity contribution in [3.63, 3.8) is 0 Å². The fraction of sp³-hybridized carbons (Fsp3) is 0.524. The Morgan fingerprint density at radius 1 is 1.15 bits per heavy atom. The number of hydrogen-bond donors (Lipinski definition) is 1. The number of rotatable bonds is 5. The summed E-state index contributed by atoms with van der Waals surface area (Å²) >= 11 is 0. The molecule has 1 aromatic heterocycles. The lowest BCUT2D eigenvalue weighted by Crippen LogP contribution is -2.51. The van der Waals surface area contributed by atoms with Crippen LogP contribution in [0.2, 0.25) is 0 Å². The molecule has 12 heteroatoms. The van der Waals surface area contributed by atoms with Crippen molar-refractivity contribution in [3.05, 3.63) is 41.8 Å². The van der Waals surface area contributed by atoms with Gasteiger partial charge in [0, 0.05) is 44.2 Å². The largest absolute Gasteiger partial charge is 0.439 e. The van der Waals surface area contributed by atoms with Crippen LogP contribution in [-0.4, -0.2) is 64.2 Å². The Morgan fingerprint density at radius 3 is 2.61 bits per heavy atom. The van der Waals surface area contributed by atoms with Crippen LogP contribution in [0.5, 0.6) is 11.6 Å². The van der Waals surface area contributed by atoms with Crippen molar-refractivity contribution in [3.8, 4) is 11.6 Å². The number of hydrogen-bond acceptors (Lipinski definition) is 6. The van der Waals surface area contributed by atoms with E-state index in [2.05, 4.69) is 9.97 Å². The minimum absolute atomic E-state index is 0.0438. The predicted octanol–water partition coefficient (Wildman–Crippen LogP) is 4.10. The number of aromatic nitrogens is 2. The van der Waals surface area contributed by atoms with Gasteiger partial charge in [0.1, 0.15) is 11.6 Å². The molecule has 2 saturated heterocycles. The highest BCUT2D eigenvalue weighted by atomic mass is 19.4. The van der Waals surface area contributed by atoms with Gasteiger partial charge in [-0.25, -0.2) is 18.2 Å². The van der Waals surface area contributed by atoms with E-state index >= 15 is 0 Å². The summed E-state index contributed by atoms with van der Waals surface area (Å²) in [4.78, 5) is 10.8. The Balaban J connectivity index is 1.64. The van der Waals surface area contributed by atoms with E-state index in [9.17, 15) is 31.4 Å². The van der Waals surface area contributed by atoms with Crippen LogP contribution in [0, 0.1) is 5.82 Å². The van der Waals surface area contributed by atoms with Gasteiger partial charge in [0.2, 0.25) is 11.8 Å². The molecule has 180 valence electrons. The second kappa shape index (κ2) is 8.98. The highest BCUT2D eigenvalue weighted by molar-refractivity contribution is 5.39. The van der Waals surface area contributed by atoms with Crippen molar-refractivity contribution in [1.29, 1.82) is 0 Å². The van der Waals surface area contributed by atoms with Crippen LogP contribution in [-0.2, 0) is 6.18 Å². The van der Waals surface area contributed by atoms with Crippen molar-refractivity contribution < 1.29 is 36.2 Å². The van der Waals surface area contributed by atoms with E-state index in [1.54, 1.807) is 0 Å². The van der Waals surface area contributed by atoms with Crippen molar-refractivity contribution in [2.75, 3.05) is 31.1 Å². The van der Waals surface area contributed by atoms with Gasteiger partial charge in [-0.3, -0.25) is 4.90 Å². The molecule has 4 rings (SSSR count). The van der Waals surface area contributed by atoms with Gasteiger partial charge in [-0.05, 0) is 25.0 Å². The average molecular weight is 476 g/mol. The topological polar surface area (TPSA) is 61.7 Å². The SMILES string of the molecule is OC1CCN(c2nc(Oc3cccc(F)c3)cc(C(F)(F)F)n2)C(CN2CCC(F)(F)C2)C1. The van der Waals surface area contributed by atoms with Crippen LogP contribution >= 0.6 is 0 Å². The van der Waals surface area contributed by atoms with Gasteiger partial charge in [-0.15, -0.1) is 0 Å². The first-order valence-electron chi connectivity index (χ1n) is 10.4. The van der Waals surface area contributed by atoms with Gasteiger partial charge < -0.3 is 14.7 Å². The zero-order valence-corrected chi connectivity index (χ0v) is 17.4. The van der Waals surface area contributed by atoms with Gasteiger partial charge in [0.25, 0.3) is 5.92 Å². The molecule has 6 nitrogen and oxygen atoms in total. The molecule has 1 N–H and O–H groups in total. The summed E-state index contributed by atoms with van der Waals surface area (Å²) in [7, 11) is 0. The monoisotopic (exact) mass is 476 g/mol. The maximum absolute atomic E-state index is 13.6. The van der Waals surface area contributed by atoms with Crippen LogP contribution in [0.4, 0.5) is 32.3 Å². The van der Waals surface area contributed by atoms with Gasteiger partial charge in [0.05, 0.1) is 12.6 Å². The second-order valence-electron chi connectivity index (χ2n) is 8.32. The lowest BCUT2D eigenvalue weighted by molar-refractivity contribution is -0.141. The molecule has 2 aliphatic heterocycles. The number of ether oxygens (including phenoxy) is 1. The maximum atomic E-state index is 13.6. The number of likely N-dealkylation sites (tertiary alicyclic amines) is 1. The molecule has 0 amide bonds. The highest BCUT2D eigenvalue weighted by Crippen LogP contribution is 2.35. The predicted molar refractivity (Wildman–Crippen MR) is 106 cm³/mol. The van der Waals surface area contributed by atoms with Gasteiger partial charge in [-0.1, -0.05) is 6.07 Å². The first-order valence-corrected chi connectivity index (χ1v) is 10.4. The first-order chi connectivity index (χ1) is 15.5. The zero-order chi connectivity index (χ0) is 23.8. The maximum Gasteiger partial charge on any atom is 0.433 e. The van der Waals surface area contributed by atoms with Crippen molar-refractivity contribution in [1.82, 2.24) is 14.9 Å². The number of halogens is 6. The summed E-state index contributed by atoms with van der Waals surface area (Å²) in [6.07, 6.45) is -5.40. The van der Waals surface area contributed by atoms with Crippen molar-refractivity contribution in [2.24, 2.45) is 0 Å². The molecule has 2 fully saturated rings. The summed E-state index contributed by atoms with van der Waals surface area (Å²) in [5.41, 5.74) is -1.25. The number of aliphatic hydroxyl groups is 1. The number of benzene rings is 1. The molecule has 2 aromatic rings. The fourth-order valence-electron chi connectivity index (χ4n) is 4.12. The second-order valence-corrected chi connectivity index (χ2v) is 8.32. The van der Waals surface area contributed by atoms with Crippen molar-refractivity contribution >= 4 is 5.95 Å². The molecule has 0 bridgehead atoms. The van der Waals surface area contributed by atoms with Crippen LogP contribution in [0.25, 0.3) is 0 Å².